The number of ketones is 1. The molecule has 3 aromatic rings. The van der Waals surface area contributed by atoms with Gasteiger partial charge in [-0.3, -0.25) is 14.5 Å². The average molecular weight is 460 g/mol. The molecule has 0 saturated carbocycles. The molecule has 0 aliphatic carbocycles. The number of carbonyl (C=O) groups is 2. The van der Waals surface area contributed by atoms with E-state index in [1.54, 1.807) is 37.3 Å². The number of Topliss-reactive ketones (excluding diaryl/α,β-unsaturated/α-hetero) is 1. The van der Waals surface area contributed by atoms with Crippen LogP contribution in [-0.2, 0) is 9.59 Å². The minimum atomic E-state index is -0.885. The molecule has 1 aliphatic rings. The van der Waals surface area contributed by atoms with Crippen molar-refractivity contribution in [2.45, 2.75) is 46.6 Å². The molecule has 1 N–H and O–H groups in total. The highest BCUT2D eigenvalue weighted by Crippen LogP contribution is 2.43. The fraction of sp³-hybridized carbons (Fsp3) is 0.286. The Balaban J connectivity index is 1.92. The van der Waals surface area contributed by atoms with Gasteiger partial charge in [0.2, 0.25) is 0 Å². The van der Waals surface area contributed by atoms with E-state index in [1.165, 1.54) is 4.90 Å². The van der Waals surface area contributed by atoms with E-state index >= 15 is 0 Å². The fourth-order valence-corrected chi connectivity index (χ4v) is 4.34. The molecule has 6 nitrogen and oxygen atoms in total. The third kappa shape index (κ3) is 4.12. The number of anilines is 1. The van der Waals surface area contributed by atoms with E-state index in [0.29, 0.717) is 29.4 Å². The molecule has 1 amide bonds. The van der Waals surface area contributed by atoms with E-state index in [0.717, 1.165) is 16.9 Å². The van der Waals surface area contributed by atoms with Crippen LogP contribution in [0.3, 0.4) is 0 Å². The normalized spacial score (nSPS) is 17.6. The zero-order valence-corrected chi connectivity index (χ0v) is 20.1. The van der Waals surface area contributed by atoms with Gasteiger partial charge in [0.15, 0.2) is 0 Å². The maximum Gasteiger partial charge on any atom is 0.300 e. The van der Waals surface area contributed by atoms with Crippen LogP contribution in [0.2, 0.25) is 0 Å². The molecule has 1 aliphatic heterocycles. The van der Waals surface area contributed by atoms with Crippen molar-refractivity contribution in [3.8, 4) is 5.75 Å². The van der Waals surface area contributed by atoms with E-state index in [1.807, 2.05) is 52.0 Å². The van der Waals surface area contributed by atoms with Gasteiger partial charge in [-0.15, -0.1) is 0 Å². The Bertz CT molecular complexity index is 1280. The summed E-state index contributed by atoms with van der Waals surface area (Å²) in [7, 11) is 0. The highest BCUT2D eigenvalue weighted by molar-refractivity contribution is 6.51. The molecule has 0 radical (unpaired) electrons. The monoisotopic (exact) mass is 459 g/mol. The Hall–Kier alpha value is -3.80. The third-order valence-electron chi connectivity index (χ3n) is 5.96. The van der Waals surface area contributed by atoms with E-state index in [2.05, 4.69) is 0 Å². The number of amides is 1. The number of benzene rings is 2. The number of aliphatic hydroxyl groups excluding tert-OH is 1. The number of furan rings is 1. The second-order valence-corrected chi connectivity index (χ2v) is 8.80. The fourth-order valence-electron chi connectivity index (χ4n) is 4.34. The number of rotatable bonds is 6. The van der Waals surface area contributed by atoms with Crippen LogP contribution < -0.4 is 9.64 Å². The lowest BCUT2D eigenvalue weighted by Gasteiger charge is -2.24. The van der Waals surface area contributed by atoms with Crippen LogP contribution in [-0.4, -0.2) is 23.4 Å². The van der Waals surface area contributed by atoms with E-state index < -0.39 is 17.7 Å². The van der Waals surface area contributed by atoms with Crippen molar-refractivity contribution in [3.63, 3.8) is 0 Å². The molecular formula is C28H29NO5. The van der Waals surface area contributed by atoms with E-state index in [9.17, 15) is 14.7 Å². The van der Waals surface area contributed by atoms with Crippen LogP contribution in [0.25, 0.3) is 5.76 Å². The van der Waals surface area contributed by atoms with Gasteiger partial charge in [0, 0.05) is 11.3 Å². The van der Waals surface area contributed by atoms with Gasteiger partial charge in [-0.05, 0) is 80.3 Å². The van der Waals surface area contributed by atoms with Crippen LogP contribution in [0, 0.1) is 13.8 Å². The van der Waals surface area contributed by atoms with Gasteiger partial charge >= 0.3 is 0 Å². The Morgan fingerprint density at radius 2 is 1.85 bits per heavy atom. The Morgan fingerprint density at radius 1 is 1.09 bits per heavy atom. The van der Waals surface area contributed by atoms with Crippen molar-refractivity contribution in [1.29, 1.82) is 0 Å². The molecule has 2 aromatic carbocycles. The highest BCUT2D eigenvalue weighted by Gasteiger charge is 2.48. The third-order valence-corrected chi connectivity index (χ3v) is 5.96. The van der Waals surface area contributed by atoms with Gasteiger partial charge in [0.25, 0.3) is 11.7 Å². The minimum Gasteiger partial charge on any atom is -0.507 e. The van der Waals surface area contributed by atoms with Gasteiger partial charge in [0.1, 0.15) is 29.1 Å². The first kappa shape index (κ1) is 23.4. The summed E-state index contributed by atoms with van der Waals surface area (Å²) in [5.41, 5.74) is 2.86. The van der Waals surface area contributed by atoms with Gasteiger partial charge < -0.3 is 14.3 Å². The van der Waals surface area contributed by atoms with Crippen LogP contribution in [0.1, 0.15) is 60.9 Å². The number of nitrogens with zero attached hydrogens (tertiary/aromatic N) is 1. The quantitative estimate of drug-likeness (QED) is 0.276. The summed E-state index contributed by atoms with van der Waals surface area (Å²) in [5, 5.41) is 11.4. The first-order chi connectivity index (χ1) is 16.2. The van der Waals surface area contributed by atoms with Gasteiger partial charge in [-0.25, -0.2) is 0 Å². The first-order valence-corrected chi connectivity index (χ1v) is 11.4. The largest absolute Gasteiger partial charge is 0.507 e. The second-order valence-electron chi connectivity index (χ2n) is 8.80. The van der Waals surface area contributed by atoms with Crippen LogP contribution in [0.4, 0.5) is 5.69 Å². The van der Waals surface area contributed by atoms with Gasteiger partial charge in [-0.2, -0.15) is 0 Å². The van der Waals surface area contributed by atoms with Crippen molar-refractivity contribution in [1.82, 2.24) is 0 Å². The molecular weight excluding hydrogens is 430 g/mol. The van der Waals surface area contributed by atoms with Crippen LogP contribution >= 0.6 is 0 Å². The van der Waals surface area contributed by atoms with Crippen molar-refractivity contribution < 1.29 is 23.8 Å². The van der Waals surface area contributed by atoms with Crippen molar-refractivity contribution >= 4 is 23.1 Å². The molecule has 176 valence electrons. The smallest absolute Gasteiger partial charge is 0.300 e. The first-order valence-electron chi connectivity index (χ1n) is 11.4. The number of carbonyl (C=O) groups excluding carboxylic acids is 2. The maximum absolute atomic E-state index is 13.3. The molecule has 1 unspecified atom stereocenters. The van der Waals surface area contributed by atoms with Crippen molar-refractivity contribution in [2.75, 3.05) is 11.5 Å². The molecule has 4 rings (SSSR count). The predicted molar refractivity (Wildman–Crippen MR) is 131 cm³/mol. The molecule has 1 aromatic heterocycles. The molecule has 6 heteroatoms. The van der Waals surface area contributed by atoms with E-state index in [-0.39, 0.29) is 17.3 Å². The lowest BCUT2D eigenvalue weighted by molar-refractivity contribution is -0.132. The number of aryl methyl sites for hydroxylation is 2. The molecule has 1 atom stereocenters. The standard InChI is InChI=1S/C28H29NO5/c1-6-33-22-13-11-19(15-21(22)16(2)3)26(30)24-25(23-12-10-18(5)34-23)29(28(32)27(24)31)20-9-7-8-17(4)14-20/h7-16,25,30H,6H2,1-5H3/b26-24-. The lowest BCUT2D eigenvalue weighted by Crippen LogP contribution is -2.29. The molecule has 0 bridgehead atoms. The topological polar surface area (TPSA) is 80.0 Å². The molecule has 1 fully saturated rings. The number of aliphatic hydroxyl groups is 1. The summed E-state index contributed by atoms with van der Waals surface area (Å²) in [6.07, 6.45) is 0. The minimum absolute atomic E-state index is 0.000257. The molecule has 34 heavy (non-hydrogen) atoms. The Labute approximate surface area is 199 Å². The SMILES string of the molecule is CCOc1ccc(/C(O)=C2/C(=O)C(=O)N(c3cccc(C)c3)C2c2ccc(C)o2)cc1C(C)C. The predicted octanol–water partition coefficient (Wildman–Crippen LogP) is 6.04. The Morgan fingerprint density at radius 3 is 2.47 bits per heavy atom. The lowest BCUT2D eigenvalue weighted by atomic mass is 9.95. The van der Waals surface area contributed by atoms with E-state index in [4.69, 9.17) is 9.15 Å². The second kappa shape index (κ2) is 9.21. The number of ether oxygens (including phenoxy) is 1. The summed E-state index contributed by atoms with van der Waals surface area (Å²) >= 11 is 0. The average Bonchev–Trinajstić information content (AvgIpc) is 3.34. The molecule has 0 spiro atoms. The number of hydrogen-bond acceptors (Lipinski definition) is 5. The zero-order chi connectivity index (χ0) is 24.6. The molecule has 1 saturated heterocycles. The van der Waals surface area contributed by atoms with Crippen molar-refractivity contribution in [3.05, 3.63) is 88.4 Å². The summed E-state index contributed by atoms with van der Waals surface area (Å²) in [4.78, 5) is 27.9. The van der Waals surface area contributed by atoms with Crippen molar-refractivity contribution in [2.24, 2.45) is 0 Å². The summed E-state index contributed by atoms with van der Waals surface area (Å²) in [5.74, 6) is 0.222. The summed E-state index contributed by atoms with van der Waals surface area (Å²) < 4.78 is 11.6. The highest BCUT2D eigenvalue weighted by atomic mass is 16.5. The van der Waals surface area contributed by atoms with Gasteiger partial charge in [-0.1, -0.05) is 26.0 Å². The number of hydrogen-bond donors (Lipinski definition) is 1. The Kier molecular flexibility index (Phi) is 6.33. The van der Waals surface area contributed by atoms with Crippen LogP contribution in [0.5, 0.6) is 5.75 Å². The summed E-state index contributed by atoms with van der Waals surface area (Å²) in [6.45, 7) is 10.2. The zero-order valence-electron chi connectivity index (χ0n) is 20.1. The van der Waals surface area contributed by atoms with Gasteiger partial charge in [0.05, 0.1) is 12.2 Å². The summed E-state index contributed by atoms with van der Waals surface area (Å²) in [6, 6.07) is 15.3. The molecule has 2 heterocycles. The van der Waals surface area contributed by atoms with Crippen LogP contribution in [0.15, 0.2) is 64.6 Å². The maximum atomic E-state index is 13.3.